The van der Waals surface area contributed by atoms with Crippen LogP contribution >= 0.6 is 11.8 Å². The molecule has 0 saturated carbocycles. The summed E-state index contributed by atoms with van der Waals surface area (Å²) in [6.07, 6.45) is 2.88. The minimum Gasteiger partial charge on any atom is -0.379 e. The maximum atomic E-state index is 11.0. The number of thioether (sulfide) groups is 1. The molecule has 0 spiro atoms. The van der Waals surface area contributed by atoms with Crippen LogP contribution < -0.4 is 5.32 Å². The van der Waals surface area contributed by atoms with Gasteiger partial charge in [-0.15, -0.1) is 0 Å². The Bertz CT molecular complexity index is 134. The molecule has 1 rings (SSSR count). The zero-order chi connectivity index (χ0) is 8.10. The molecule has 11 heavy (non-hydrogen) atoms. The highest BCUT2D eigenvalue weighted by atomic mass is 32.2. The van der Waals surface area contributed by atoms with Crippen molar-refractivity contribution in [2.75, 3.05) is 25.2 Å². The molecule has 0 aromatic carbocycles. The van der Waals surface area contributed by atoms with Gasteiger partial charge < -0.3 is 10.1 Å². The van der Waals surface area contributed by atoms with Crippen LogP contribution in [0, 0.1) is 0 Å². The SMILES string of the molecule is CSCC(=O)NC1CCOC1. The summed E-state index contributed by atoms with van der Waals surface area (Å²) < 4.78 is 5.11. The number of ether oxygens (including phenoxy) is 1. The van der Waals surface area contributed by atoms with Gasteiger partial charge in [0.05, 0.1) is 18.4 Å². The average molecular weight is 175 g/mol. The molecule has 1 unspecified atom stereocenters. The summed E-state index contributed by atoms with van der Waals surface area (Å²) in [7, 11) is 0. The Labute approximate surface area is 70.9 Å². The minimum absolute atomic E-state index is 0.119. The number of carbonyl (C=O) groups excluding carboxylic acids is 1. The Kier molecular flexibility index (Phi) is 3.72. The summed E-state index contributed by atoms with van der Waals surface area (Å²) in [4.78, 5) is 11.0. The van der Waals surface area contributed by atoms with E-state index >= 15 is 0 Å². The molecule has 1 amide bonds. The van der Waals surface area contributed by atoms with Crippen molar-refractivity contribution < 1.29 is 9.53 Å². The number of hydrogen-bond donors (Lipinski definition) is 1. The fraction of sp³-hybridized carbons (Fsp3) is 0.857. The van der Waals surface area contributed by atoms with Gasteiger partial charge in [-0.3, -0.25) is 4.79 Å². The van der Waals surface area contributed by atoms with Crippen LogP contribution in [0.1, 0.15) is 6.42 Å². The van der Waals surface area contributed by atoms with Crippen LogP contribution in [0.4, 0.5) is 0 Å². The lowest BCUT2D eigenvalue weighted by Gasteiger charge is -2.08. The van der Waals surface area contributed by atoms with E-state index in [1.165, 1.54) is 0 Å². The predicted molar refractivity (Wildman–Crippen MR) is 45.7 cm³/mol. The molecule has 0 aliphatic carbocycles. The molecular formula is C7H13NO2S. The van der Waals surface area contributed by atoms with E-state index < -0.39 is 0 Å². The average Bonchev–Trinajstić information content (AvgIpc) is 2.40. The largest absolute Gasteiger partial charge is 0.379 e. The molecule has 4 heteroatoms. The second-order valence-corrected chi connectivity index (χ2v) is 3.43. The monoisotopic (exact) mass is 175 g/mol. The van der Waals surface area contributed by atoms with E-state index in [1.807, 2.05) is 6.26 Å². The van der Waals surface area contributed by atoms with Gasteiger partial charge in [0.2, 0.25) is 5.91 Å². The third-order valence-corrected chi connectivity index (χ3v) is 2.12. The van der Waals surface area contributed by atoms with Gasteiger partial charge in [-0.1, -0.05) is 0 Å². The molecule has 1 N–H and O–H groups in total. The topological polar surface area (TPSA) is 38.3 Å². The quantitative estimate of drug-likeness (QED) is 0.668. The number of hydrogen-bond acceptors (Lipinski definition) is 3. The maximum absolute atomic E-state index is 11.0. The molecule has 64 valence electrons. The summed E-state index contributed by atoms with van der Waals surface area (Å²) in [6.45, 7) is 1.46. The zero-order valence-electron chi connectivity index (χ0n) is 6.63. The highest BCUT2D eigenvalue weighted by Crippen LogP contribution is 2.03. The first kappa shape index (κ1) is 8.87. The molecule has 1 aliphatic heterocycles. The van der Waals surface area contributed by atoms with Gasteiger partial charge in [-0.25, -0.2) is 0 Å². The van der Waals surface area contributed by atoms with Crippen molar-refractivity contribution in [1.29, 1.82) is 0 Å². The van der Waals surface area contributed by atoms with Gasteiger partial charge in [0, 0.05) is 6.61 Å². The summed E-state index contributed by atoms with van der Waals surface area (Å²) in [6, 6.07) is 0.259. The summed E-state index contributed by atoms with van der Waals surface area (Å²) in [5.74, 6) is 0.671. The summed E-state index contributed by atoms with van der Waals surface area (Å²) in [5, 5.41) is 2.90. The Balaban J connectivity index is 2.13. The van der Waals surface area contributed by atoms with E-state index in [2.05, 4.69) is 5.32 Å². The molecular weight excluding hydrogens is 162 g/mol. The molecule has 1 aliphatic rings. The second-order valence-electron chi connectivity index (χ2n) is 2.56. The number of amides is 1. The minimum atomic E-state index is 0.119. The van der Waals surface area contributed by atoms with Crippen molar-refractivity contribution in [3.05, 3.63) is 0 Å². The number of rotatable bonds is 3. The molecule has 0 radical (unpaired) electrons. The number of carbonyl (C=O) groups is 1. The first-order valence-corrected chi connectivity index (χ1v) is 5.08. The molecule has 0 bridgehead atoms. The molecule has 0 aromatic rings. The first-order valence-electron chi connectivity index (χ1n) is 3.69. The highest BCUT2D eigenvalue weighted by Gasteiger charge is 2.16. The van der Waals surface area contributed by atoms with Gasteiger partial charge in [0.15, 0.2) is 0 Å². The summed E-state index contributed by atoms with van der Waals surface area (Å²) >= 11 is 1.54. The van der Waals surface area contributed by atoms with E-state index in [-0.39, 0.29) is 11.9 Å². The standard InChI is InChI=1S/C7H13NO2S/c1-11-5-7(9)8-6-2-3-10-4-6/h6H,2-5H2,1H3,(H,8,9). The Morgan fingerprint density at radius 1 is 1.82 bits per heavy atom. The smallest absolute Gasteiger partial charge is 0.230 e. The van der Waals surface area contributed by atoms with Crippen LogP contribution in [0.3, 0.4) is 0 Å². The lowest BCUT2D eigenvalue weighted by atomic mass is 10.3. The van der Waals surface area contributed by atoms with E-state index in [0.29, 0.717) is 12.4 Å². The van der Waals surface area contributed by atoms with Crippen LogP contribution in [-0.4, -0.2) is 37.2 Å². The van der Waals surface area contributed by atoms with Crippen LogP contribution in [0.2, 0.25) is 0 Å². The van der Waals surface area contributed by atoms with E-state index in [9.17, 15) is 4.79 Å². The van der Waals surface area contributed by atoms with Gasteiger partial charge in [0.1, 0.15) is 0 Å². The Morgan fingerprint density at radius 2 is 2.64 bits per heavy atom. The zero-order valence-corrected chi connectivity index (χ0v) is 7.45. The van der Waals surface area contributed by atoms with Crippen molar-refractivity contribution in [3.63, 3.8) is 0 Å². The third kappa shape index (κ3) is 3.12. The lowest BCUT2D eigenvalue weighted by Crippen LogP contribution is -2.36. The predicted octanol–water partition coefficient (Wildman–Crippen LogP) is 0.254. The first-order chi connectivity index (χ1) is 5.33. The molecule has 3 nitrogen and oxygen atoms in total. The van der Waals surface area contributed by atoms with Gasteiger partial charge in [-0.05, 0) is 12.7 Å². The van der Waals surface area contributed by atoms with Crippen LogP contribution in [0.15, 0.2) is 0 Å². The molecule has 0 aromatic heterocycles. The van der Waals surface area contributed by atoms with Crippen molar-refractivity contribution in [2.24, 2.45) is 0 Å². The van der Waals surface area contributed by atoms with Crippen LogP contribution in [0.5, 0.6) is 0 Å². The summed E-state index contributed by atoms with van der Waals surface area (Å²) in [5.41, 5.74) is 0. The van der Waals surface area contributed by atoms with Crippen LogP contribution in [0.25, 0.3) is 0 Å². The van der Waals surface area contributed by atoms with Crippen LogP contribution in [-0.2, 0) is 9.53 Å². The third-order valence-electron chi connectivity index (χ3n) is 1.57. The van der Waals surface area contributed by atoms with E-state index in [1.54, 1.807) is 11.8 Å². The molecule has 1 atom stereocenters. The normalized spacial score (nSPS) is 23.5. The van der Waals surface area contributed by atoms with Crippen molar-refractivity contribution in [2.45, 2.75) is 12.5 Å². The Morgan fingerprint density at radius 3 is 3.18 bits per heavy atom. The van der Waals surface area contributed by atoms with Crippen molar-refractivity contribution in [3.8, 4) is 0 Å². The molecule has 1 fully saturated rings. The lowest BCUT2D eigenvalue weighted by molar-refractivity contribution is -0.119. The van der Waals surface area contributed by atoms with Gasteiger partial charge >= 0.3 is 0 Å². The second kappa shape index (κ2) is 4.62. The van der Waals surface area contributed by atoms with E-state index in [4.69, 9.17) is 4.74 Å². The maximum Gasteiger partial charge on any atom is 0.230 e. The van der Waals surface area contributed by atoms with Crippen molar-refractivity contribution in [1.82, 2.24) is 5.32 Å². The van der Waals surface area contributed by atoms with Crippen molar-refractivity contribution >= 4 is 17.7 Å². The fourth-order valence-electron chi connectivity index (χ4n) is 1.05. The fourth-order valence-corrected chi connectivity index (χ4v) is 1.39. The molecule has 1 heterocycles. The van der Waals surface area contributed by atoms with Gasteiger partial charge in [0.25, 0.3) is 0 Å². The van der Waals surface area contributed by atoms with E-state index in [0.717, 1.165) is 13.0 Å². The highest BCUT2D eigenvalue weighted by molar-refractivity contribution is 7.99. The Hall–Kier alpha value is -0.220. The molecule has 1 saturated heterocycles. The van der Waals surface area contributed by atoms with Gasteiger partial charge in [-0.2, -0.15) is 11.8 Å². The number of nitrogens with one attached hydrogen (secondary N) is 1.